The molecule has 42 heavy (non-hydrogen) atoms. The summed E-state index contributed by atoms with van der Waals surface area (Å²) in [6.07, 6.45) is 0.107. The number of rotatable bonds is 11. The Labute approximate surface area is 251 Å². The highest BCUT2D eigenvalue weighted by Crippen LogP contribution is 2.38. The smallest absolute Gasteiger partial charge is 0.263 e. The fraction of sp³-hybridized carbons (Fsp3) is 0.448. The van der Waals surface area contributed by atoms with Crippen molar-refractivity contribution in [2.45, 2.75) is 69.5 Å². The third-order valence-corrected chi connectivity index (χ3v) is 8.14. The summed E-state index contributed by atoms with van der Waals surface area (Å²) in [6.45, 7) is 9.36. The Hall–Kier alpha value is -3.00. The van der Waals surface area contributed by atoms with E-state index in [0.717, 1.165) is 5.56 Å². The van der Waals surface area contributed by atoms with Crippen molar-refractivity contribution < 1.29 is 37.2 Å². The van der Waals surface area contributed by atoms with Gasteiger partial charge >= 0.3 is 0 Å². The monoisotopic (exact) mass is 621 g/mol. The predicted molar refractivity (Wildman–Crippen MR) is 157 cm³/mol. The molecule has 2 heterocycles. The highest BCUT2D eigenvalue weighted by atomic mass is 35.5. The molecule has 13 heteroatoms. The number of methoxy groups -OCH3 is 1. The summed E-state index contributed by atoms with van der Waals surface area (Å²) in [5.74, 6) is -0.329. The van der Waals surface area contributed by atoms with Gasteiger partial charge in [0.15, 0.2) is 17.4 Å². The summed E-state index contributed by atoms with van der Waals surface area (Å²) in [4.78, 5) is 8.51. The Bertz CT molecular complexity index is 1490. The summed E-state index contributed by atoms with van der Waals surface area (Å²) in [6, 6.07) is 11.4. The van der Waals surface area contributed by atoms with Crippen molar-refractivity contribution in [1.82, 2.24) is 9.97 Å². The van der Waals surface area contributed by atoms with Gasteiger partial charge in [-0.05, 0) is 49.1 Å². The third kappa shape index (κ3) is 7.68. The second kappa shape index (κ2) is 12.7. The van der Waals surface area contributed by atoms with Crippen LogP contribution in [-0.2, 0) is 36.3 Å². The molecule has 228 valence electrons. The number of ether oxygens (including phenoxy) is 5. The fourth-order valence-electron chi connectivity index (χ4n) is 4.29. The Kier molecular flexibility index (Phi) is 9.65. The molecule has 1 saturated heterocycles. The number of aliphatic hydroxyl groups is 1. The first kappa shape index (κ1) is 31.9. The van der Waals surface area contributed by atoms with Crippen LogP contribution < -0.4 is 14.2 Å². The molecule has 0 aliphatic carbocycles. The topological polar surface area (TPSA) is 138 Å². The number of sulfonamides is 1. The van der Waals surface area contributed by atoms with Gasteiger partial charge < -0.3 is 28.8 Å². The molecule has 0 bridgehead atoms. The number of hydrogen-bond donors (Lipinski definition) is 2. The first-order chi connectivity index (χ1) is 19.7. The van der Waals surface area contributed by atoms with E-state index in [-0.39, 0.29) is 58.2 Å². The molecule has 0 spiro atoms. The molecular formula is C29H36ClN3O8S. The van der Waals surface area contributed by atoms with Crippen LogP contribution in [0.5, 0.6) is 17.2 Å². The van der Waals surface area contributed by atoms with Crippen LogP contribution in [0.1, 0.15) is 45.9 Å². The Morgan fingerprint density at radius 3 is 2.40 bits per heavy atom. The van der Waals surface area contributed by atoms with Crippen LogP contribution in [0.4, 0.5) is 5.82 Å². The van der Waals surface area contributed by atoms with Crippen LogP contribution in [0.2, 0.25) is 5.02 Å². The second-order valence-electron chi connectivity index (χ2n) is 11.2. The van der Waals surface area contributed by atoms with Crippen molar-refractivity contribution in [3.63, 3.8) is 0 Å². The summed E-state index contributed by atoms with van der Waals surface area (Å²) in [7, 11) is -2.57. The van der Waals surface area contributed by atoms with Gasteiger partial charge in [-0.1, -0.05) is 44.5 Å². The van der Waals surface area contributed by atoms with Crippen LogP contribution in [0.25, 0.3) is 0 Å². The van der Waals surface area contributed by atoms with Crippen molar-refractivity contribution in [3.05, 3.63) is 65.1 Å². The lowest BCUT2D eigenvalue weighted by molar-refractivity contribution is -0.153. The number of benzene rings is 2. The maximum absolute atomic E-state index is 13.4. The molecule has 2 unspecified atom stereocenters. The Balaban J connectivity index is 1.64. The van der Waals surface area contributed by atoms with Crippen molar-refractivity contribution in [1.29, 1.82) is 0 Å². The van der Waals surface area contributed by atoms with E-state index in [1.807, 2.05) is 20.8 Å². The van der Waals surface area contributed by atoms with E-state index in [2.05, 4.69) is 14.7 Å². The Morgan fingerprint density at radius 2 is 1.76 bits per heavy atom. The number of aliphatic hydroxyl groups excluding tert-OH is 1. The molecule has 1 aliphatic heterocycles. The largest absolute Gasteiger partial charge is 0.497 e. The van der Waals surface area contributed by atoms with Crippen LogP contribution in [0, 0.1) is 0 Å². The summed E-state index contributed by atoms with van der Waals surface area (Å²) in [5.41, 5.74) is 1.09. The number of aromatic nitrogens is 2. The van der Waals surface area contributed by atoms with Gasteiger partial charge in [0.1, 0.15) is 35.7 Å². The van der Waals surface area contributed by atoms with Gasteiger partial charge in [-0.25, -0.2) is 18.4 Å². The minimum Gasteiger partial charge on any atom is -0.497 e. The van der Waals surface area contributed by atoms with Gasteiger partial charge in [-0.2, -0.15) is 0 Å². The SMILES string of the molecule is COc1ccc(Cl)c(Oc2c(COCC3OC(C)(C)OC3CO)ncnc2NS(=O)(=O)c2ccc(C(C)(C)C)cc2)c1. The van der Waals surface area contributed by atoms with Crippen LogP contribution >= 0.6 is 11.6 Å². The highest BCUT2D eigenvalue weighted by Gasteiger charge is 2.41. The van der Waals surface area contributed by atoms with E-state index in [9.17, 15) is 13.5 Å². The average Bonchev–Trinajstić information content (AvgIpc) is 3.24. The van der Waals surface area contributed by atoms with Gasteiger partial charge in [0.25, 0.3) is 10.0 Å². The zero-order valence-corrected chi connectivity index (χ0v) is 26.0. The number of nitrogens with one attached hydrogen (secondary N) is 1. The first-order valence-corrected chi connectivity index (χ1v) is 15.1. The summed E-state index contributed by atoms with van der Waals surface area (Å²) in [5, 5.41) is 9.92. The minimum absolute atomic E-state index is 0.00910. The zero-order chi connectivity index (χ0) is 30.7. The van der Waals surface area contributed by atoms with Gasteiger partial charge in [0.05, 0.1) is 36.8 Å². The highest BCUT2D eigenvalue weighted by molar-refractivity contribution is 7.92. The predicted octanol–water partition coefficient (Wildman–Crippen LogP) is 5.06. The molecule has 4 rings (SSSR count). The third-order valence-electron chi connectivity index (χ3n) is 6.48. The van der Waals surface area contributed by atoms with Gasteiger partial charge in [-0.15, -0.1) is 0 Å². The molecule has 1 aliphatic rings. The minimum atomic E-state index is -4.07. The Morgan fingerprint density at radius 1 is 1.07 bits per heavy atom. The number of hydrogen-bond acceptors (Lipinski definition) is 10. The van der Waals surface area contributed by atoms with E-state index in [0.29, 0.717) is 5.75 Å². The van der Waals surface area contributed by atoms with Crippen LogP contribution in [0.3, 0.4) is 0 Å². The lowest BCUT2D eigenvalue weighted by atomic mass is 9.87. The zero-order valence-electron chi connectivity index (χ0n) is 24.4. The quantitative estimate of drug-likeness (QED) is 0.299. The second-order valence-corrected chi connectivity index (χ2v) is 13.3. The van der Waals surface area contributed by atoms with Gasteiger partial charge in [-0.3, -0.25) is 4.72 Å². The lowest BCUT2D eigenvalue weighted by Gasteiger charge is -2.20. The van der Waals surface area contributed by atoms with Crippen molar-refractivity contribution in [3.8, 4) is 17.2 Å². The molecule has 0 radical (unpaired) electrons. The first-order valence-electron chi connectivity index (χ1n) is 13.3. The average molecular weight is 622 g/mol. The number of anilines is 1. The van der Waals surface area contributed by atoms with Crippen molar-refractivity contribution in [2.24, 2.45) is 0 Å². The van der Waals surface area contributed by atoms with E-state index in [4.69, 9.17) is 35.3 Å². The van der Waals surface area contributed by atoms with E-state index >= 15 is 0 Å². The van der Waals surface area contributed by atoms with Crippen LogP contribution in [-0.4, -0.2) is 61.8 Å². The lowest BCUT2D eigenvalue weighted by Crippen LogP contribution is -2.30. The van der Waals surface area contributed by atoms with Crippen molar-refractivity contribution in [2.75, 3.05) is 25.0 Å². The maximum Gasteiger partial charge on any atom is 0.263 e. The standard InChI is InChI=1S/C29H36ClN3O8S/c1-28(2,3)18-7-10-20(11-8-18)42(35,36)33-27-26(39-23-13-19(37-6)9-12-21(23)30)22(31-17-32-27)15-38-16-25-24(14-34)40-29(4,5)41-25/h7-13,17,24-25,34H,14-16H2,1-6H3,(H,31,32,33). The normalized spacial score (nSPS) is 18.6. The molecule has 2 aromatic carbocycles. The molecule has 11 nitrogen and oxygen atoms in total. The van der Waals surface area contributed by atoms with Gasteiger partial charge in [0.2, 0.25) is 0 Å². The maximum atomic E-state index is 13.4. The van der Waals surface area contributed by atoms with Gasteiger partial charge in [0, 0.05) is 6.07 Å². The molecule has 1 aromatic heterocycles. The summed E-state index contributed by atoms with van der Waals surface area (Å²) < 4.78 is 58.1. The number of nitrogens with zero attached hydrogens (tertiary/aromatic N) is 2. The molecule has 1 fully saturated rings. The molecule has 2 atom stereocenters. The van der Waals surface area contributed by atoms with Crippen LogP contribution in [0.15, 0.2) is 53.7 Å². The van der Waals surface area contributed by atoms with E-state index in [1.54, 1.807) is 44.2 Å². The molecule has 2 N–H and O–H groups in total. The number of halogens is 1. The van der Waals surface area contributed by atoms with Crippen molar-refractivity contribution >= 4 is 27.4 Å². The molecule has 0 amide bonds. The molecule has 3 aromatic rings. The molecular weight excluding hydrogens is 586 g/mol. The van der Waals surface area contributed by atoms with E-state index in [1.165, 1.54) is 25.6 Å². The fourth-order valence-corrected chi connectivity index (χ4v) is 5.46. The summed E-state index contributed by atoms with van der Waals surface area (Å²) >= 11 is 6.39. The van der Waals surface area contributed by atoms with E-state index < -0.39 is 28.0 Å². The molecule has 0 saturated carbocycles.